The highest BCUT2D eigenvalue weighted by molar-refractivity contribution is 5.98. The first kappa shape index (κ1) is 49.1. The summed E-state index contributed by atoms with van der Waals surface area (Å²) in [7, 11) is 0. The number of rotatable bonds is 40. The summed E-state index contributed by atoms with van der Waals surface area (Å²) in [6.07, 6.45) is 52.7. The molecule has 0 rings (SSSR count). The van der Waals surface area contributed by atoms with E-state index in [0.29, 0.717) is 12.8 Å². The Labute approximate surface area is 317 Å². The molecule has 5 heteroatoms. The zero-order valence-electron chi connectivity index (χ0n) is 34.2. The summed E-state index contributed by atoms with van der Waals surface area (Å²) in [5.41, 5.74) is 5.38. The molecule has 0 unspecified atom stereocenters. The number of hydrogen-bond acceptors (Lipinski definition) is 3. The first-order valence-corrected chi connectivity index (χ1v) is 22.4. The molecule has 0 aromatic rings. The van der Waals surface area contributed by atoms with Crippen molar-refractivity contribution in [1.29, 1.82) is 0 Å². The normalized spacial score (nSPS) is 11.6. The van der Waals surface area contributed by atoms with Crippen molar-refractivity contribution in [2.75, 3.05) is 6.54 Å². The molecule has 0 saturated carbocycles. The first-order chi connectivity index (χ1) is 25.0. The predicted octanol–water partition coefficient (Wildman–Crippen LogP) is 14.0. The van der Waals surface area contributed by atoms with Crippen molar-refractivity contribution in [3.63, 3.8) is 0 Å². The van der Waals surface area contributed by atoms with Crippen LogP contribution in [0.15, 0.2) is 24.3 Å². The minimum absolute atomic E-state index is 0.242. The lowest BCUT2D eigenvalue weighted by Crippen LogP contribution is -2.42. The molecular weight excluding hydrogens is 629 g/mol. The van der Waals surface area contributed by atoms with Gasteiger partial charge in [0.15, 0.2) is 0 Å². The van der Waals surface area contributed by atoms with Gasteiger partial charge in [-0.25, -0.2) is 0 Å². The molecule has 0 aliphatic rings. The van der Waals surface area contributed by atoms with Gasteiger partial charge in [-0.1, -0.05) is 192 Å². The van der Waals surface area contributed by atoms with Crippen LogP contribution in [0.1, 0.15) is 245 Å². The van der Waals surface area contributed by atoms with E-state index in [4.69, 9.17) is 5.73 Å². The maximum Gasteiger partial charge on any atom is 0.237 e. The van der Waals surface area contributed by atoms with Crippen molar-refractivity contribution < 1.29 is 14.4 Å². The monoisotopic (exact) mass is 715 g/mol. The van der Waals surface area contributed by atoms with Crippen molar-refractivity contribution in [2.45, 2.75) is 245 Å². The maximum atomic E-state index is 12.8. The second-order valence-corrected chi connectivity index (χ2v) is 15.3. The van der Waals surface area contributed by atoms with E-state index in [0.717, 1.165) is 43.4 Å². The van der Waals surface area contributed by atoms with E-state index in [2.05, 4.69) is 38.2 Å². The molecular formula is C46H86N2O3. The summed E-state index contributed by atoms with van der Waals surface area (Å²) >= 11 is 0. The number of carbonyl (C=O) groups is 3. The highest BCUT2D eigenvalue weighted by Crippen LogP contribution is 2.15. The van der Waals surface area contributed by atoms with Crippen molar-refractivity contribution >= 4 is 17.7 Å². The van der Waals surface area contributed by atoms with Gasteiger partial charge in [0, 0.05) is 12.8 Å². The molecule has 0 saturated heterocycles. The molecule has 0 aromatic heterocycles. The van der Waals surface area contributed by atoms with Crippen LogP contribution in [0.3, 0.4) is 0 Å². The number of primary amides is 1. The average Bonchev–Trinajstić information content (AvgIpc) is 3.12. The van der Waals surface area contributed by atoms with E-state index < -0.39 is 5.91 Å². The average molecular weight is 715 g/mol. The molecule has 3 amide bonds. The van der Waals surface area contributed by atoms with Crippen LogP contribution in [-0.2, 0) is 14.4 Å². The van der Waals surface area contributed by atoms with Crippen molar-refractivity contribution in [2.24, 2.45) is 5.73 Å². The van der Waals surface area contributed by atoms with Gasteiger partial charge >= 0.3 is 0 Å². The predicted molar refractivity (Wildman–Crippen MR) is 222 cm³/mol. The van der Waals surface area contributed by atoms with Crippen LogP contribution in [0, 0.1) is 0 Å². The molecule has 0 aliphatic carbocycles. The number of allylic oxidation sites excluding steroid dienone is 4. The standard InChI is InChI=1S/C46H86N2O3/c1-3-5-7-9-11-13-15-17-19-21-23-25-27-29-31-33-35-37-39-41-45(50)48(43-44(47)49)46(51)42-40-38-36-34-32-30-28-26-24-22-20-18-16-14-12-10-8-6-4-2/h17-20H,3-16,21-43H2,1-2H3,(H2,47,49)/b19-17-,20-18-. The van der Waals surface area contributed by atoms with Gasteiger partial charge in [-0.15, -0.1) is 0 Å². The Kier molecular flexibility index (Phi) is 39.3. The summed E-state index contributed by atoms with van der Waals surface area (Å²) in [5.74, 6) is -1.11. The number of amides is 3. The molecule has 0 atom stereocenters. The van der Waals surface area contributed by atoms with Crippen LogP contribution in [0.2, 0.25) is 0 Å². The van der Waals surface area contributed by atoms with Gasteiger partial charge in [0.25, 0.3) is 0 Å². The van der Waals surface area contributed by atoms with Crippen molar-refractivity contribution in [1.82, 2.24) is 4.90 Å². The smallest absolute Gasteiger partial charge is 0.237 e. The SMILES string of the molecule is CCCCCCCC/C=C\CCCCCCCCCCCC(=O)N(CC(N)=O)C(=O)CCCCCCCCCCC/C=C\CCCCCCCC. The van der Waals surface area contributed by atoms with Gasteiger partial charge in [-0.05, 0) is 64.2 Å². The van der Waals surface area contributed by atoms with E-state index in [-0.39, 0.29) is 18.4 Å². The minimum atomic E-state index is -0.620. The van der Waals surface area contributed by atoms with Crippen LogP contribution in [0.25, 0.3) is 0 Å². The third-order valence-electron chi connectivity index (χ3n) is 10.2. The summed E-state index contributed by atoms with van der Waals surface area (Å²) in [6.45, 7) is 4.25. The lowest BCUT2D eigenvalue weighted by molar-refractivity contribution is -0.147. The third-order valence-corrected chi connectivity index (χ3v) is 10.2. The second-order valence-electron chi connectivity index (χ2n) is 15.3. The molecule has 51 heavy (non-hydrogen) atoms. The minimum Gasteiger partial charge on any atom is -0.368 e. The molecule has 0 fully saturated rings. The first-order valence-electron chi connectivity index (χ1n) is 22.4. The highest BCUT2D eigenvalue weighted by atomic mass is 16.2. The van der Waals surface area contributed by atoms with Crippen LogP contribution in [0.4, 0.5) is 0 Å². The summed E-state index contributed by atoms with van der Waals surface area (Å²) < 4.78 is 0. The second kappa shape index (κ2) is 40.9. The molecule has 298 valence electrons. The number of carbonyl (C=O) groups excluding carboxylic acids is 3. The fourth-order valence-electron chi connectivity index (χ4n) is 6.85. The zero-order valence-corrected chi connectivity index (χ0v) is 34.2. The number of unbranched alkanes of at least 4 members (excludes halogenated alkanes) is 30. The van der Waals surface area contributed by atoms with Gasteiger partial charge in [0.1, 0.15) is 6.54 Å². The summed E-state index contributed by atoms with van der Waals surface area (Å²) in [6, 6.07) is 0. The van der Waals surface area contributed by atoms with Crippen molar-refractivity contribution in [3.8, 4) is 0 Å². The highest BCUT2D eigenvalue weighted by Gasteiger charge is 2.22. The summed E-state index contributed by atoms with van der Waals surface area (Å²) in [5, 5.41) is 0. The largest absolute Gasteiger partial charge is 0.368 e. The van der Waals surface area contributed by atoms with Gasteiger partial charge in [-0.3, -0.25) is 19.3 Å². The fourth-order valence-corrected chi connectivity index (χ4v) is 6.85. The Morgan fingerprint density at radius 1 is 0.373 bits per heavy atom. The molecule has 5 nitrogen and oxygen atoms in total. The number of hydrogen-bond donors (Lipinski definition) is 1. The van der Waals surface area contributed by atoms with Gasteiger partial charge < -0.3 is 5.73 Å². The van der Waals surface area contributed by atoms with Gasteiger partial charge in [0.05, 0.1) is 0 Å². The zero-order chi connectivity index (χ0) is 37.3. The van der Waals surface area contributed by atoms with Crippen LogP contribution in [0.5, 0.6) is 0 Å². The molecule has 0 aliphatic heterocycles. The molecule has 0 spiro atoms. The molecule has 2 N–H and O–H groups in total. The van der Waals surface area contributed by atoms with E-state index in [9.17, 15) is 14.4 Å². The van der Waals surface area contributed by atoms with Crippen LogP contribution >= 0.6 is 0 Å². The third kappa shape index (κ3) is 37.6. The van der Waals surface area contributed by atoms with E-state index in [1.807, 2.05) is 0 Å². The van der Waals surface area contributed by atoms with Gasteiger partial charge in [-0.2, -0.15) is 0 Å². The maximum absolute atomic E-state index is 12.8. The molecule has 0 heterocycles. The molecule has 0 aromatic carbocycles. The lowest BCUT2D eigenvalue weighted by Gasteiger charge is -2.19. The van der Waals surface area contributed by atoms with E-state index in [1.165, 1.54) is 180 Å². The Bertz CT molecular complexity index is 776. The number of nitrogens with two attached hydrogens (primary N) is 1. The quantitative estimate of drug-likeness (QED) is 0.0507. The van der Waals surface area contributed by atoms with Crippen LogP contribution < -0.4 is 5.73 Å². The Morgan fingerprint density at radius 2 is 0.608 bits per heavy atom. The Morgan fingerprint density at radius 3 is 0.863 bits per heavy atom. The van der Waals surface area contributed by atoms with E-state index >= 15 is 0 Å². The van der Waals surface area contributed by atoms with Gasteiger partial charge in [0.2, 0.25) is 17.7 Å². The van der Waals surface area contributed by atoms with Crippen LogP contribution in [-0.4, -0.2) is 29.2 Å². The number of nitrogens with zero attached hydrogens (tertiary/aromatic N) is 1. The topological polar surface area (TPSA) is 80.5 Å². The Hall–Kier alpha value is -1.91. The molecule has 0 radical (unpaired) electrons. The lowest BCUT2D eigenvalue weighted by atomic mass is 10.0. The molecule has 0 bridgehead atoms. The fraction of sp³-hybridized carbons (Fsp3) is 0.848. The number of imide groups is 1. The summed E-state index contributed by atoms with van der Waals surface area (Å²) in [4.78, 5) is 38.3. The Balaban J connectivity index is 3.73. The van der Waals surface area contributed by atoms with E-state index in [1.54, 1.807) is 0 Å². The van der Waals surface area contributed by atoms with Crippen molar-refractivity contribution in [3.05, 3.63) is 24.3 Å².